The second-order valence-corrected chi connectivity index (χ2v) is 7.78. The molecule has 1 fully saturated rings. The Labute approximate surface area is 155 Å². The zero-order valence-corrected chi connectivity index (χ0v) is 15.8. The van der Waals surface area contributed by atoms with Crippen LogP contribution in [-0.2, 0) is 22.6 Å². The van der Waals surface area contributed by atoms with Crippen LogP contribution in [0, 0.1) is 0 Å². The van der Waals surface area contributed by atoms with Crippen LogP contribution in [0.15, 0.2) is 30.9 Å². The summed E-state index contributed by atoms with van der Waals surface area (Å²) in [6.07, 6.45) is 4.70. The number of hydrogen-bond acceptors (Lipinski definition) is 3. The Morgan fingerprint density at radius 1 is 1.31 bits per heavy atom. The van der Waals surface area contributed by atoms with Crippen LogP contribution in [0.1, 0.15) is 44.2 Å². The summed E-state index contributed by atoms with van der Waals surface area (Å²) in [7, 11) is 0. The molecule has 0 radical (unpaired) electrons. The minimum Gasteiger partial charge on any atom is -0.487 e. The number of rotatable bonds is 6. The highest BCUT2D eigenvalue weighted by molar-refractivity contribution is 5.87. The van der Waals surface area contributed by atoms with Crippen molar-refractivity contribution < 1.29 is 14.3 Å². The number of nitrogens with zero attached hydrogens (tertiary/aromatic N) is 2. The van der Waals surface area contributed by atoms with Crippen LogP contribution in [0.25, 0.3) is 0 Å². The zero-order chi connectivity index (χ0) is 18.7. The summed E-state index contributed by atoms with van der Waals surface area (Å²) in [5, 5.41) is 0. The largest absolute Gasteiger partial charge is 0.487 e. The summed E-state index contributed by atoms with van der Waals surface area (Å²) in [5.41, 5.74) is 2.04. The molecule has 1 aromatic rings. The molecule has 2 heterocycles. The van der Waals surface area contributed by atoms with E-state index in [1.165, 1.54) is 11.6 Å². The van der Waals surface area contributed by atoms with Crippen molar-refractivity contribution in [1.29, 1.82) is 0 Å². The summed E-state index contributed by atoms with van der Waals surface area (Å²) in [4.78, 5) is 28.1. The molecule has 0 aliphatic carbocycles. The third-order valence-electron chi connectivity index (χ3n) is 5.04. The minimum atomic E-state index is -0.181. The van der Waals surface area contributed by atoms with Gasteiger partial charge in [-0.25, -0.2) is 0 Å². The van der Waals surface area contributed by atoms with Gasteiger partial charge in [0.05, 0.1) is 0 Å². The van der Waals surface area contributed by atoms with E-state index in [-0.39, 0.29) is 17.4 Å². The maximum absolute atomic E-state index is 12.3. The van der Waals surface area contributed by atoms with Gasteiger partial charge in [0.1, 0.15) is 11.4 Å². The highest BCUT2D eigenvalue weighted by Crippen LogP contribution is 2.35. The molecule has 0 aromatic heterocycles. The Kier molecular flexibility index (Phi) is 5.35. The summed E-state index contributed by atoms with van der Waals surface area (Å²) >= 11 is 0. The second-order valence-electron chi connectivity index (χ2n) is 7.78. The summed E-state index contributed by atoms with van der Waals surface area (Å²) < 4.78 is 5.91. The third-order valence-corrected chi connectivity index (χ3v) is 5.04. The van der Waals surface area contributed by atoms with Gasteiger partial charge in [-0.05, 0) is 50.0 Å². The van der Waals surface area contributed by atoms with Gasteiger partial charge >= 0.3 is 0 Å². The van der Waals surface area contributed by atoms with E-state index >= 15 is 0 Å². The van der Waals surface area contributed by atoms with E-state index in [0.717, 1.165) is 43.7 Å². The van der Waals surface area contributed by atoms with Crippen LogP contribution in [0.5, 0.6) is 5.75 Å². The van der Waals surface area contributed by atoms with Crippen molar-refractivity contribution >= 4 is 11.8 Å². The van der Waals surface area contributed by atoms with Gasteiger partial charge in [0.2, 0.25) is 11.8 Å². The number of hydrogen-bond donors (Lipinski definition) is 0. The number of fused-ring (bicyclic) bond motifs is 1. The molecule has 26 heavy (non-hydrogen) atoms. The first-order valence-corrected chi connectivity index (χ1v) is 9.38. The smallest absolute Gasteiger partial charge is 0.246 e. The SMILES string of the molecule is C=CC(=O)N(CCC(=O)N1CCCC1)Cc1ccc2c(c1)CC(C)(C)O2. The number of benzene rings is 1. The first kappa shape index (κ1) is 18.5. The lowest BCUT2D eigenvalue weighted by atomic mass is 10.00. The molecule has 0 saturated carbocycles. The van der Waals surface area contributed by atoms with Crippen LogP contribution >= 0.6 is 0 Å². The zero-order valence-electron chi connectivity index (χ0n) is 15.8. The van der Waals surface area contributed by atoms with Crippen LogP contribution < -0.4 is 4.74 Å². The molecule has 0 spiro atoms. The second kappa shape index (κ2) is 7.52. The normalized spacial score (nSPS) is 17.5. The minimum absolute atomic E-state index is 0.133. The molecular formula is C21H28N2O3. The first-order valence-electron chi connectivity index (χ1n) is 9.38. The van der Waals surface area contributed by atoms with Crippen molar-refractivity contribution in [2.75, 3.05) is 19.6 Å². The lowest BCUT2D eigenvalue weighted by Crippen LogP contribution is -2.35. The molecule has 2 aliphatic heterocycles. The molecule has 5 nitrogen and oxygen atoms in total. The van der Waals surface area contributed by atoms with E-state index in [0.29, 0.717) is 19.5 Å². The van der Waals surface area contributed by atoms with Gasteiger partial charge in [-0.2, -0.15) is 0 Å². The standard InChI is InChI=1S/C21H28N2O3/c1-4-19(24)23(12-9-20(25)22-10-5-6-11-22)15-16-7-8-18-17(13-16)14-21(2,3)26-18/h4,7-8,13H,1,5-6,9-12,14-15H2,2-3H3. The van der Waals surface area contributed by atoms with E-state index in [4.69, 9.17) is 4.74 Å². The van der Waals surface area contributed by atoms with Gasteiger partial charge in [-0.15, -0.1) is 0 Å². The maximum Gasteiger partial charge on any atom is 0.246 e. The molecule has 0 N–H and O–H groups in total. The molecular weight excluding hydrogens is 328 g/mol. The average Bonchev–Trinajstić information content (AvgIpc) is 3.23. The number of carbonyl (C=O) groups excluding carboxylic acids is 2. The number of carbonyl (C=O) groups is 2. The van der Waals surface area contributed by atoms with Gasteiger partial charge in [-0.1, -0.05) is 18.7 Å². The average molecular weight is 356 g/mol. The predicted molar refractivity (Wildman–Crippen MR) is 101 cm³/mol. The van der Waals surface area contributed by atoms with E-state index < -0.39 is 0 Å². The topological polar surface area (TPSA) is 49.9 Å². The van der Waals surface area contributed by atoms with Gasteiger partial charge in [0, 0.05) is 39.0 Å². The fraction of sp³-hybridized carbons (Fsp3) is 0.524. The molecule has 2 aliphatic rings. The molecule has 0 unspecified atom stereocenters. The Balaban J connectivity index is 1.64. The number of ether oxygens (including phenoxy) is 1. The Morgan fingerprint density at radius 3 is 2.73 bits per heavy atom. The summed E-state index contributed by atoms with van der Waals surface area (Å²) in [6, 6.07) is 6.08. The molecule has 5 heteroatoms. The molecule has 0 atom stereocenters. The van der Waals surface area contributed by atoms with Crippen LogP contribution in [0.3, 0.4) is 0 Å². The van der Waals surface area contributed by atoms with Crippen molar-refractivity contribution in [2.24, 2.45) is 0 Å². The van der Waals surface area contributed by atoms with Gasteiger partial charge in [0.15, 0.2) is 0 Å². The van der Waals surface area contributed by atoms with Crippen molar-refractivity contribution in [2.45, 2.75) is 51.7 Å². The molecule has 2 amide bonds. The lowest BCUT2D eigenvalue weighted by Gasteiger charge is -2.23. The van der Waals surface area contributed by atoms with Crippen molar-refractivity contribution in [3.8, 4) is 5.75 Å². The van der Waals surface area contributed by atoms with Gasteiger partial charge < -0.3 is 14.5 Å². The number of likely N-dealkylation sites (tertiary alicyclic amines) is 1. The Hall–Kier alpha value is -2.30. The van der Waals surface area contributed by atoms with E-state index in [1.54, 1.807) is 4.90 Å². The quantitative estimate of drug-likeness (QED) is 0.737. The molecule has 0 bridgehead atoms. The summed E-state index contributed by atoms with van der Waals surface area (Å²) in [5.74, 6) is 0.911. The fourth-order valence-corrected chi connectivity index (χ4v) is 3.73. The van der Waals surface area contributed by atoms with E-state index in [2.05, 4.69) is 26.5 Å². The van der Waals surface area contributed by atoms with Gasteiger partial charge in [0.25, 0.3) is 0 Å². The van der Waals surface area contributed by atoms with Crippen LogP contribution in [-0.4, -0.2) is 46.8 Å². The lowest BCUT2D eigenvalue weighted by molar-refractivity contribution is -0.132. The fourth-order valence-electron chi connectivity index (χ4n) is 3.73. The Morgan fingerprint density at radius 2 is 2.04 bits per heavy atom. The van der Waals surface area contributed by atoms with Crippen LogP contribution in [0.4, 0.5) is 0 Å². The van der Waals surface area contributed by atoms with Crippen molar-refractivity contribution in [3.05, 3.63) is 42.0 Å². The molecule has 3 rings (SSSR count). The predicted octanol–water partition coefficient (Wildman–Crippen LogP) is 2.93. The Bertz CT molecular complexity index is 705. The number of amides is 2. The molecule has 1 aromatic carbocycles. The molecule has 140 valence electrons. The van der Waals surface area contributed by atoms with E-state index in [9.17, 15) is 9.59 Å². The van der Waals surface area contributed by atoms with E-state index in [1.807, 2.05) is 17.0 Å². The van der Waals surface area contributed by atoms with Crippen molar-refractivity contribution in [1.82, 2.24) is 9.80 Å². The highest BCUT2D eigenvalue weighted by atomic mass is 16.5. The van der Waals surface area contributed by atoms with Gasteiger partial charge in [-0.3, -0.25) is 9.59 Å². The van der Waals surface area contributed by atoms with Crippen molar-refractivity contribution in [3.63, 3.8) is 0 Å². The monoisotopic (exact) mass is 356 g/mol. The third kappa shape index (κ3) is 4.26. The first-order chi connectivity index (χ1) is 12.4. The molecule has 1 saturated heterocycles. The maximum atomic E-state index is 12.3. The summed E-state index contributed by atoms with van der Waals surface area (Å²) in [6.45, 7) is 10.3. The van der Waals surface area contributed by atoms with Crippen LogP contribution in [0.2, 0.25) is 0 Å². The highest BCUT2D eigenvalue weighted by Gasteiger charge is 2.30.